The van der Waals surface area contributed by atoms with Gasteiger partial charge in [-0.05, 0) is 36.5 Å². The Hall–Kier alpha value is -1.73. The van der Waals surface area contributed by atoms with Crippen LogP contribution in [0.1, 0.15) is 45.2 Å². The second-order valence-corrected chi connectivity index (χ2v) is 6.33. The molecule has 114 valence electrons. The third-order valence-electron chi connectivity index (χ3n) is 3.87. The minimum atomic E-state index is 0.123. The van der Waals surface area contributed by atoms with E-state index in [9.17, 15) is 0 Å². The summed E-state index contributed by atoms with van der Waals surface area (Å²) in [6.45, 7) is 8.63. The molecule has 1 aromatic carbocycles. The van der Waals surface area contributed by atoms with Crippen LogP contribution in [0.25, 0.3) is 0 Å². The van der Waals surface area contributed by atoms with E-state index in [2.05, 4.69) is 44.3 Å². The van der Waals surface area contributed by atoms with Gasteiger partial charge >= 0.3 is 0 Å². The monoisotopic (exact) mass is 288 g/mol. The Bertz CT molecular complexity index is 520. The summed E-state index contributed by atoms with van der Waals surface area (Å²) >= 11 is 0. The van der Waals surface area contributed by atoms with Gasteiger partial charge in [0.2, 0.25) is 0 Å². The molecule has 1 N–H and O–H groups in total. The van der Waals surface area contributed by atoms with E-state index in [1.807, 2.05) is 6.07 Å². The van der Waals surface area contributed by atoms with E-state index in [1.54, 1.807) is 0 Å². The standard InChI is InChI=1S/C17H24N2O2/c1-13(19-12-17(2,3)7-4-8-18)14-5-6-15-16(11-14)21-10-9-20-15/h5-6,11,13,19H,4,7,9-10,12H2,1-3H3. The average Bonchev–Trinajstić information content (AvgIpc) is 2.50. The van der Waals surface area contributed by atoms with Gasteiger partial charge in [-0.1, -0.05) is 19.9 Å². The summed E-state index contributed by atoms with van der Waals surface area (Å²) in [6.07, 6.45) is 1.51. The maximum absolute atomic E-state index is 8.70. The molecule has 0 spiro atoms. The molecule has 1 atom stereocenters. The summed E-state index contributed by atoms with van der Waals surface area (Å²) in [5, 5.41) is 12.3. The number of nitriles is 1. The molecule has 0 saturated heterocycles. The largest absolute Gasteiger partial charge is 0.486 e. The molecule has 1 aliphatic rings. The molecule has 0 radical (unpaired) electrons. The van der Waals surface area contributed by atoms with Crippen LogP contribution in [0.2, 0.25) is 0 Å². The van der Waals surface area contributed by atoms with Crippen LogP contribution in [0.3, 0.4) is 0 Å². The molecule has 0 fully saturated rings. The van der Waals surface area contributed by atoms with Gasteiger partial charge < -0.3 is 14.8 Å². The Kier molecular flexibility index (Phi) is 5.08. The molecule has 0 aliphatic carbocycles. The molecule has 0 saturated carbocycles. The molecule has 1 aliphatic heterocycles. The van der Waals surface area contributed by atoms with Gasteiger partial charge in [0, 0.05) is 19.0 Å². The number of benzene rings is 1. The van der Waals surface area contributed by atoms with E-state index in [0.29, 0.717) is 19.6 Å². The van der Waals surface area contributed by atoms with Gasteiger partial charge in [0.15, 0.2) is 11.5 Å². The maximum atomic E-state index is 8.70. The second-order valence-electron chi connectivity index (χ2n) is 6.33. The fraction of sp³-hybridized carbons (Fsp3) is 0.588. The van der Waals surface area contributed by atoms with Gasteiger partial charge in [-0.15, -0.1) is 0 Å². The molecule has 2 rings (SSSR count). The van der Waals surface area contributed by atoms with Gasteiger partial charge in [-0.25, -0.2) is 0 Å². The quantitative estimate of drug-likeness (QED) is 0.871. The predicted octanol–water partition coefficient (Wildman–Crippen LogP) is 3.44. The third-order valence-corrected chi connectivity index (χ3v) is 3.87. The summed E-state index contributed by atoms with van der Waals surface area (Å²) < 4.78 is 11.2. The van der Waals surface area contributed by atoms with E-state index >= 15 is 0 Å². The van der Waals surface area contributed by atoms with Crippen LogP contribution in [0.15, 0.2) is 18.2 Å². The molecule has 1 aromatic rings. The number of hydrogen-bond acceptors (Lipinski definition) is 4. The van der Waals surface area contributed by atoms with Crippen molar-refractivity contribution in [1.29, 1.82) is 5.26 Å². The first-order valence-electron chi connectivity index (χ1n) is 7.52. The van der Waals surface area contributed by atoms with E-state index in [4.69, 9.17) is 14.7 Å². The number of rotatable bonds is 6. The van der Waals surface area contributed by atoms with E-state index < -0.39 is 0 Å². The zero-order valence-corrected chi connectivity index (χ0v) is 13.1. The van der Waals surface area contributed by atoms with Crippen molar-refractivity contribution in [2.24, 2.45) is 5.41 Å². The zero-order valence-electron chi connectivity index (χ0n) is 13.1. The highest BCUT2D eigenvalue weighted by Crippen LogP contribution is 2.32. The minimum Gasteiger partial charge on any atom is -0.486 e. The Balaban J connectivity index is 1.94. The summed E-state index contributed by atoms with van der Waals surface area (Å²) in [4.78, 5) is 0. The highest BCUT2D eigenvalue weighted by molar-refractivity contribution is 5.44. The lowest BCUT2D eigenvalue weighted by Gasteiger charge is -2.27. The highest BCUT2D eigenvalue weighted by Gasteiger charge is 2.19. The van der Waals surface area contributed by atoms with Crippen molar-refractivity contribution >= 4 is 0 Å². The smallest absolute Gasteiger partial charge is 0.161 e. The topological polar surface area (TPSA) is 54.3 Å². The predicted molar refractivity (Wildman–Crippen MR) is 82.5 cm³/mol. The molecule has 4 nitrogen and oxygen atoms in total. The molecule has 21 heavy (non-hydrogen) atoms. The molecule has 1 heterocycles. The van der Waals surface area contributed by atoms with Gasteiger partial charge in [0.1, 0.15) is 13.2 Å². The summed E-state index contributed by atoms with van der Waals surface area (Å²) in [6, 6.07) is 8.56. The first-order valence-corrected chi connectivity index (χ1v) is 7.52. The summed E-state index contributed by atoms with van der Waals surface area (Å²) in [5.41, 5.74) is 1.31. The van der Waals surface area contributed by atoms with E-state index in [1.165, 1.54) is 5.56 Å². The van der Waals surface area contributed by atoms with Gasteiger partial charge in [-0.2, -0.15) is 5.26 Å². The minimum absolute atomic E-state index is 0.123. The Labute approximate surface area is 127 Å². The first kappa shape index (κ1) is 15.7. The van der Waals surface area contributed by atoms with Crippen LogP contribution in [0.4, 0.5) is 0 Å². The molecule has 1 unspecified atom stereocenters. The Morgan fingerprint density at radius 3 is 2.71 bits per heavy atom. The van der Waals surface area contributed by atoms with Crippen LogP contribution in [-0.2, 0) is 0 Å². The lowest BCUT2D eigenvalue weighted by atomic mass is 9.87. The average molecular weight is 288 g/mol. The Morgan fingerprint density at radius 2 is 2.00 bits per heavy atom. The fourth-order valence-corrected chi connectivity index (χ4v) is 2.36. The first-order chi connectivity index (χ1) is 10.0. The van der Waals surface area contributed by atoms with Crippen molar-refractivity contribution in [3.05, 3.63) is 23.8 Å². The van der Waals surface area contributed by atoms with Crippen LogP contribution < -0.4 is 14.8 Å². The van der Waals surface area contributed by atoms with Crippen molar-refractivity contribution in [3.63, 3.8) is 0 Å². The number of nitrogens with zero attached hydrogens (tertiary/aromatic N) is 1. The van der Waals surface area contributed by atoms with Crippen LogP contribution in [0.5, 0.6) is 11.5 Å². The molecule has 0 aromatic heterocycles. The molecule has 4 heteroatoms. The normalized spacial score (nSPS) is 15.3. The summed E-state index contributed by atoms with van der Waals surface area (Å²) in [7, 11) is 0. The number of nitrogens with one attached hydrogen (secondary N) is 1. The van der Waals surface area contributed by atoms with Crippen molar-refractivity contribution in [2.75, 3.05) is 19.8 Å². The summed E-state index contributed by atoms with van der Waals surface area (Å²) in [5.74, 6) is 1.66. The second kappa shape index (κ2) is 6.82. The fourth-order valence-electron chi connectivity index (χ4n) is 2.36. The van der Waals surface area contributed by atoms with Crippen molar-refractivity contribution < 1.29 is 9.47 Å². The maximum Gasteiger partial charge on any atom is 0.161 e. The lowest BCUT2D eigenvalue weighted by molar-refractivity contribution is 0.171. The lowest BCUT2D eigenvalue weighted by Crippen LogP contribution is -2.31. The molecular formula is C17H24N2O2. The Morgan fingerprint density at radius 1 is 1.29 bits per heavy atom. The van der Waals surface area contributed by atoms with E-state index in [0.717, 1.165) is 24.5 Å². The number of hydrogen-bond donors (Lipinski definition) is 1. The highest BCUT2D eigenvalue weighted by atomic mass is 16.6. The van der Waals surface area contributed by atoms with Gasteiger partial charge in [0.05, 0.1) is 6.07 Å². The van der Waals surface area contributed by atoms with Gasteiger partial charge in [-0.3, -0.25) is 0 Å². The van der Waals surface area contributed by atoms with Crippen molar-refractivity contribution in [2.45, 2.75) is 39.7 Å². The number of fused-ring (bicyclic) bond motifs is 1. The SMILES string of the molecule is CC(NCC(C)(C)CCC#N)c1ccc2c(c1)OCCO2. The van der Waals surface area contributed by atoms with Crippen molar-refractivity contribution in [3.8, 4) is 17.6 Å². The zero-order chi connectivity index (χ0) is 15.3. The van der Waals surface area contributed by atoms with Crippen LogP contribution in [0, 0.1) is 16.7 Å². The number of ether oxygens (including phenoxy) is 2. The van der Waals surface area contributed by atoms with Crippen LogP contribution >= 0.6 is 0 Å². The molecule has 0 bridgehead atoms. The van der Waals surface area contributed by atoms with E-state index in [-0.39, 0.29) is 11.5 Å². The van der Waals surface area contributed by atoms with Gasteiger partial charge in [0.25, 0.3) is 0 Å². The molecular weight excluding hydrogens is 264 g/mol. The van der Waals surface area contributed by atoms with Crippen molar-refractivity contribution in [1.82, 2.24) is 5.32 Å². The molecule has 0 amide bonds. The third kappa shape index (κ3) is 4.37. The van der Waals surface area contributed by atoms with Crippen LogP contribution in [-0.4, -0.2) is 19.8 Å².